The maximum atomic E-state index is 13.1. The van der Waals surface area contributed by atoms with Gasteiger partial charge in [0.1, 0.15) is 18.2 Å². The highest BCUT2D eigenvalue weighted by Crippen LogP contribution is 2.31. The van der Waals surface area contributed by atoms with Crippen molar-refractivity contribution in [2.24, 2.45) is 0 Å². The topological polar surface area (TPSA) is 52.3 Å². The van der Waals surface area contributed by atoms with Gasteiger partial charge < -0.3 is 10.5 Å². The normalized spacial score (nSPS) is 10.5. The van der Waals surface area contributed by atoms with Crippen LogP contribution in [0.4, 0.5) is 14.5 Å². The van der Waals surface area contributed by atoms with Gasteiger partial charge in [0, 0.05) is 10.5 Å². The van der Waals surface area contributed by atoms with Crippen molar-refractivity contribution in [3.63, 3.8) is 0 Å². The fourth-order valence-corrected chi connectivity index (χ4v) is 2.36. The second kappa shape index (κ2) is 6.22. The number of nitrogen functional groups attached to an aromatic ring is 1. The van der Waals surface area contributed by atoms with Gasteiger partial charge in [-0.05, 0) is 36.8 Å². The number of carbonyl (C=O) groups is 1. The molecule has 0 aliphatic rings. The first-order chi connectivity index (χ1) is 9.86. The molecule has 2 aromatic rings. The van der Waals surface area contributed by atoms with E-state index in [9.17, 15) is 13.6 Å². The lowest BCUT2D eigenvalue weighted by Crippen LogP contribution is -2.05. The molecule has 2 N–H and O–H groups in total. The summed E-state index contributed by atoms with van der Waals surface area (Å²) in [7, 11) is 0. The van der Waals surface area contributed by atoms with Gasteiger partial charge in [0.2, 0.25) is 0 Å². The number of ketones is 1. The Morgan fingerprint density at radius 2 is 1.81 bits per heavy atom. The molecule has 0 atom stereocenters. The average molecular weight is 356 g/mol. The molecular weight excluding hydrogens is 344 g/mol. The van der Waals surface area contributed by atoms with Crippen molar-refractivity contribution in [2.45, 2.75) is 13.5 Å². The van der Waals surface area contributed by atoms with Crippen molar-refractivity contribution < 1.29 is 18.3 Å². The molecule has 0 spiro atoms. The van der Waals surface area contributed by atoms with Crippen LogP contribution in [0.2, 0.25) is 0 Å². The summed E-state index contributed by atoms with van der Waals surface area (Å²) < 4.78 is 32.4. The summed E-state index contributed by atoms with van der Waals surface area (Å²) >= 11 is 3.24. The smallest absolute Gasteiger partial charge is 0.163 e. The van der Waals surface area contributed by atoms with Gasteiger partial charge in [-0.1, -0.05) is 15.9 Å². The van der Waals surface area contributed by atoms with Crippen LogP contribution in [0.15, 0.2) is 34.8 Å². The Labute approximate surface area is 128 Å². The van der Waals surface area contributed by atoms with Crippen molar-refractivity contribution in [1.29, 1.82) is 0 Å². The Balaban J connectivity index is 2.29. The van der Waals surface area contributed by atoms with Crippen LogP contribution in [0.25, 0.3) is 0 Å². The third kappa shape index (κ3) is 3.78. The highest BCUT2D eigenvalue weighted by molar-refractivity contribution is 9.10. The predicted molar refractivity (Wildman–Crippen MR) is 79.2 cm³/mol. The highest BCUT2D eigenvalue weighted by Gasteiger charge is 2.14. The Morgan fingerprint density at radius 3 is 2.38 bits per heavy atom. The number of hydrogen-bond acceptors (Lipinski definition) is 3. The van der Waals surface area contributed by atoms with Gasteiger partial charge in [0.15, 0.2) is 11.5 Å². The van der Waals surface area contributed by atoms with Gasteiger partial charge in [-0.25, -0.2) is 8.78 Å². The van der Waals surface area contributed by atoms with E-state index in [1.54, 1.807) is 12.1 Å². The van der Waals surface area contributed by atoms with Crippen LogP contribution in [-0.4, -0.2) is 5.78 Å². The van der Waals surface area contributed by atoms with Gasteiger partial charge in [0.05, 0.1) is 11.3 Å². The highest BCUT2D eigenvalue weighted by atomic mass is 79.9. The largest absolute Gasteiger partial charge is 0.486 e. The minimum atomic E-state index is -0.691. The molecule has 2 aromatic carbocycles. The van der Waals surface area contributed by atoms with Crippen LogP contribution in [0.5, 0.6) is 5.75 Å². The Hall–Kier alpha value is -1.95. The van der Waals surface area contributed by atoms with E-state index in [-0.39, 0.29) is 23.8 Å². The van der Waals surface area contributed by atoms with Crippen LogP contribution in [0, 0.1) is 11.6 Å². The molecule has 2 rings (SSSR count). The molecule has 0 aliphatic carbocycles. The molecule has 110 valence electrons. The van der Waals surface area contributed by atoms with Gasteiger partial charge in [0.25, 0.3) is 0 Å². The van der Waals surface area contributed by atoms with E-state index in [1.165, 1.54) is 6.92 Å². The number of rotatable bonds is 4. The Bertz CT molecular complexity index is 684. The number of carbonyl (C=O) groups excluding carboxylic acids is 1. The van der Waals surface area contributed by atoms with Gasteiger partial charge in [-0.15, -0.1) is 0 Å². The van der Waals surface area contributed by atoms with E-state index < -0.39 is 11.6 Å². The number of benzene rings is 2. The SMILES string of the molecule is CC(=O)c1cc(Br)cc(N)c1OCc1cc(F)cc(F)c1. The summed E-state index contributed by atoms with van der Waals surface area (Å²) in [6.07, 6.45) is 0. The molecule has 0 aliphatic heterocycles. The monoisotopic (exact) mass is 355 g/mol. The van der Waals surface area contributed by atoms with Crippen LogP contribution in [0.3, 0.4) is 0 Å². The molecule has 3 nitrogen and oxygen atoms in total. The van der Waals surface area contributed by atoms with Crippen LogP contribution in [-0.2, 0) is 6.61 Å². The number of anilines is 1. The fraction of sp³-hybridized carbons (Fsp3) is 0.133. The lowest BCUT2D eigenvalue weighted by atomic mass is 10.1. The molecule has 0 aromatic heterocycles. The van der Waals surface area contributed by atoms with E-state index in [1.807, 2.05) is 0 Å². The minimum absolute atomic E-state index is 0.0964. The molecule has 0 saturated heterocycles. The third-order valence-electron chi connectivity index (χ3n) is 2.77. The molecule has 0 heterocycles. The van der Waals surface area contributed by atoms with Crippen molar-refractivity contribution in [3.8, 4) is 5.75 Å². The number of ether oxygens (including phenoxy) is 1. The first-order valence-electron chi connectivity index (χ1n) is 6.04. The average Bonchev–Trinajstić information content (AvgIpc) is 2.35. The summed E-state index contributed by atoms with van der Waals surface area (Å²) in [5, 5.41) is 0. The fourth-order valence-electron chi connectivity index (χ4n) is 1.89. The summed E-state index contributed by atoms with van der Waals surface area (Å²) in [6.45, 7) is 1.29. The van der Waals surface area contributed by atoms with Gasteiger partial charge in [-0.2, -0.15) is 0 Å². The predicted octanol–water partition coefficient (Wildman–Crippen LogP) is 4.09. The molecule has 6 heteroatoms. The first-order valence-corrected chi connectivity index (χ1v) is 6.84. The first kappa shape index (κ1) is 15.4. The zero-order valence-electron chi connectivity index (χ0n) is 11.1. The van der Waals surface area contributed by atoms with E-state index in [4.69, 9.17) is 10.5 Å². The zero-order valence-corrected chi connectivity index (χ0v) is 12.7. The van der Waals surface area contributed by atoms with Crippen molar-refractivity contribution in [3.05, 3.63) is 57.6 Å². The quantitative estimate of drug-likeness (QED) is 0.663. The van der Waals surface area contributed by atoms with E-state index in [0.717, 1.165) is 18.2 Å². The summed E-state index contributed by atoms with van der Waals surface area (Å²) in [5.74, 6) is -1.40. The Kier molecular flexibility index (Phi) is 4.57. The summed E-state index contributed by atoms with van der Waals surface area (Å²) in [6, 6.07) is 6.27. The molecule has 0 radical (unpaired) electrons. The van der Waals surface area contributed by atoms with E-state index >= 15 is 0 Å². The second-order valence-electron chi connectivity index (χ2n) is 4.49. The maximum Gasteiger partial charge on any atom is 0.163 e. The van der Waals surface area contributed by atoms with Gasteiger partial charge >= 0.3 is 0 Å². The molecule has 0 fully saturated rings. The number of nitrogens with two attached hydrogens (primary N) is 1. The van der Waals surface area contributed by atoms with Crippen molar-refractivity contribution in [1.82, 2.24) is 0 Å². The summed E-state index contributed by atoms with van der Waals surface area (Å²) in [5.41, 5.74) is 6.71. The number of hydrogen-bond donors (Lipinski definition) is 1. The van der Waals surface area contributed by atoms with Crippen LogP contribution in [0.1, 0.15) is 22.8 Å². The number of Topliss-reactive ketones (excluding diaryl/α,β-unsaturated/α-hetero) is 1. The molecule has 21 heavy (non-hydrogen) atoms. The lowest BCUT2D eigenvalue weighted by Gasteiger charge is -2.13. The maximum absolute atomic E-state index is 13.1. The van der Waals surface area contributed by atoms with E-state index in [2.05, 4.69) is 15.9 Å². The molecule has 0 amide bonds. The molecule has 0 unspecified atom stereocenters. The number of halogens is 3. The van der Waals surface area contributed by atoms with E-state index in [0.29, 0.717) is 15.6 Å². The molecular formula is C15H12BrF2NO2. The molecule has 0 saturated carbocycles. The standard InChI is InChI=1S/C15H12BrF2NO2/c1-8(20)13-4-10(16)5-14(19)15(13)21-7-9-2-11(17)6-12(18)3-9/h2-6H,7,19H2,1H3. The van der Waals surface area contributed by atoms with Crippen LogP contribution >= 0.6 is 15.9 Å². The van der Waals surface area contributed by atoms with Crippen molar-refractivity contribution >= 4 is 27.4 Å². The second-order valence-corrected chi connectivity index (χ2v) is 5.41. The Morgan fingerprint density at radius 1 is 1.19 bits per heavy atom. The third-order valence-corrected chi connectivity index (χ3v) is 3.23. The van der Waals surface area contributed by atoms with Crippen molar-refractivity contribution in [2.75, 3.05) is 5.73 Å². The summed E-state index contributed by atoms with van der Waals surface area (Å²) in [4.78, 5) is 11.6. The minimum Gasteiger partial charge on any atom is -0.486 e. The van der Waals surface area contributed by atoms with Crippen LogP contribution < -0.4 is 10.5 Å². The van der Waals surface area contributed by atoms with Gasteiger partial charge in [-0.3, -0.25) is 4.79 Å². The molecule has 0 bridgehead atoms. The zero-order chi connectivity index (χ0) is 15.6. The lowest BCUT2D eigenvalue weighted by molar-refractivity contribution is 0.101.